The van der Waals surface area contributed by atoms with Crippen molar-refractivity contribution >= 4 is 16.8 Å². The zero-order valence-electron chi connectivity index (χ0n) is 9.43. The maximum Gasteiger partial charge on any atom is 0.263 e. The van der Waals surface area contributed by atoms with Crippen molar-refractivity contribution < 1.29 is 8.83 Å². The molecule has 1 aromatic carbocycles. The summed E-state index contributed by atoms with van der Waals surface area (Å²) in [6, 6.07) is 9.19. The highest BCUT2D eigenvalue weighted by atomic mass is 16.4. The molecule has 0 unspecified atom stereocenters. The molecule has 17 heavy (non-hydrogen) atoms. The van der Waals surface area contributed by atoms with Crippen LogP contribution in [-0.4, -0.2) is 4.98 Å². The number of oxazole rings is 1. The normalized spacial score (nSPS) is 11.1. The van der Waals surface area contributed by atoms with Gasteiger partial charge in [0.15, 0.2) is 11.3 Å². The van der Waals surface area contributed by atoms with Gasteiger partial charge in [0.25, 0.3) is 5.89 Å². The van der Waals surface area contributed by atoms with Gasteiger partial charge in [0.1, 0.15) is 11.3 Å². The Labute approximate surface area is 98.0 Å². The maximum atomic E-state index is 5.69. The number of hydrogen-bond acceptors (Lipinski definition) is 4. The van der Waals surface area contributed by atoms with E-state index < -0.39 is 0 Å². The van der Waals surface area contributed by atoms with E-state index in [1.807, 2.05) is 25.1 Å². The molecule has 0 bridgehead atoms. The van der Waals surface area contributed by atoms with Gasteiger partial charge < -0.3 is 14.6 Å². The number of nitrogens with two attached hydrogens (primary N) is 1. The smallest absolute Gasteiger partial charge is 0.263 e. The summed E-state index contributed by atoms with van der Waals surface area (Å²) < 4.78 is 11.2. The van der Waals surface area contributed by atoms with Gasteiger partial charge in [0, 0.05) is 18.2 Å². The second kappa shape index (κ2) is 3.66. The molecule has 0 atom stereocenters. The molecule has 0 fully saturated rings. The van der Waals surface area contributed by atoms with E-state index in [-0.39, 0.29) is 0 Å². The van der Waals surface area contributed by atoms with Gasteiger partial charge in [-0.25, -0.2) is 4.98 Å². The Hall–Kier alpha value is -2.23. The van der Waals surface area contributed by atoms with Gasteiger partial charge >= 0.3 is 0 Å². The SMILES string of the molecule is CCc1ccc(-c2nc3ccc(N)cc3o2)o1. The monoisotopic (exact) mass is 228 g/mol. The second-order valence-corrected chi connectivity index (χ2v) is 3.87. The Morgan fingerprint density at radius 1 is 1.18 bits per heavy atom. The second-order valence-electron chi connectivity index (χ2n) is 3.87. The largest absolute Gasteiger partial charge is 0.456 e. The molecule has 4 nitrogen and oxygen atoms in total. The van der Waals surface area contributed by atoms with Gasteiger partial charge in [-0.3, -0.25) is 0 Å². The van der Waals surface area contributed by atoms with Crippen molar-refractivity contribution in [1.29, 1.82) is 0 Å². The number of aromatic nitrogens is 1. The first-order chi connectivity index (χ1) is 8.26. The lowest BCUT2D eigenvalue weighted by Gasteiger charge is -1.89. The summed E-state index contributed by atoms with van der Waals surface area (Å²) in [7, 11) is 0. The summed E-state index contributed by atoms with van der Waals surface area (Å²) in [5.74, 6) is 2.06. The van der Waals surface area contributed by atoms with Gasteiger partial charge in [-0.1, -0.05) is 6.92 Å². The molecule has 0 aliphatic heterocycles. The van der Waals surface area contributed by atoms with Crippen LogP contribution in [0.15, 0.2) is 39.2 Å². The standard InChI is InChI=1S/C13H12N2O2/c1-2-9-4-6-11(16-9)13-15-10-5-3-8(14)7-12(10)17-13/h3-7H,2,14H2,1H3. The molecule has 0 amide bonds. The summed E-state index contributed by atoms with van der Waals surface area (Å²) in [6.45, 7) is 2.04. The molecule has 0 saturated carbocycles. The predicted molar refractivity (Wildman–Crippen MR) is 65.5 cm³/mol. The van der Waals surface area contributed by atoms with Crippen LogP contribution in [0.2, 0.25) is 0 Å². The number of furan rings is 1. The lowest BCUT2D eigenvalue weighted by molar-refractivity contribution is 0.501. The average molecular weight is 228 g/mol. The first-order valence-electron chi connectivity index (χ1n) is 5.51. The van der Waals surface area contributed by atoms with E-state index in [4.69, 9.17) is 14.6 Å². The number of hydrogen-bond donors (Lipinski definition) is 1. The van der Waals surface area contributed by atoms with Gasteiger partial charge in [0.2, 0.25) is 0 Å². The summed E-state index contributed by atoms with van der Waals surface area (Å²) in [4.78, 5) is 4.36. The first kappa shape index (κ1) is 9.96. The van der Waals surface area contributed by atoms with Crippen molar-refractivity contribution in [1.82, 2.24) is 4.98 Å². The van der Waals surface area contributed by atoms with E-state index in [1.54, 1.807) is 12.1 Å². The topological polar surface area (TPSA) is 65.2 Å². The number of benzene rings is 1. The summed E-state index contributed by atoms with van der Waals surface area (Å²) in [6.07, 6.45) is 0.854. The summed E-state index contributed by atoms with van der Waals surface area (Å²) in [5.41, 5.74) is 7.80. The molecule has 0 saturated heterocycles. The van der Waals surface area contributed by atoms with Gasteiger partial charge in [-0.05, 0) is 24.3 Å². The molecular weight excluding hydrogens is 216 g/mol. The first-order valence-corrected chi connectivity index (χ1v) is 5.51. The van der Waals surface area contributed by atoms with Crippen LogP contribution in [0.4, 0.5) is 5.69 Å². The molecule has 3 rings (SSSR count). The van der Waals surface area contributed by atoms with Crippen LogP contribution in [-0.2, 0) is 6.42 Å². The molecule has 0 radical (unpaired) electrons. The minimum atomic E-state index is 0.491. The summed E-state index contributed by atoms with van der Waals surface area (Å²) in [5, 5.41) is 0. The van der Waals surface area contributed by atoms with Crippen LogP contribution in [0.3, 0.4) is 0 Å². The van der Waals surface area contributed by atoms with E-state index >= 15 is 0 Å². The third-order valence-corrected chi connectivity index (χ3v) is 2.63. The third kappa shape index (κ3) is 1.67. The van der Waals surface area contributed by atoms with Crippen LogP contribution < -0.4 is 5.73 Å². The van der Waals surface area contributed by atoms with Crippen molar-refractivity contribution in [3.8, 4) is 11.7 Å². The van der Waals surface area contributed by atoms with E-state index in [1.165, 1.54) is 0 Å². The predicted octanol–water partition coefficient (Wildman–Crippen LogP) is 3.23. The van der Waals surface area contributed by atoms with Gasteiger partial charge in [-0.2, -0.15) is 0 Å². The zero-order chi connectivity index (χ0) is 11.8. The molecule has 0 aliphatic rings. The molecule has 4 heteroatoms. The van der Waals surface area contributed by atoms with Crippen molar-refractivity contribution in [2.75, 3.05) is 5.73 Å². The van der Waals surface area contributed by atoms with E-state index in [2.05, 4.69) is 4.98 Å². The van der Waals surface area contributed by atoms with Crippen LogP contribution >= 0.6 is 0 Å². The Morgan fingerprint density at radius 2 is 2.06 bits per heavy atom. The highest BCUT2D eigenvalue weighted by molar-refractivity contribution is 5.78. The minimum Gasteiger partial charge on any atom is -0.456 e. The minimum absolute atomic E-state index is 0.491. The molecule has 0 spiro atoms. The van der Waals surface area contributed by atoms with Crippen molar-refractivity contribution in [3.05, 3.63) is 36.1 Å². The van der Waals surface area contributed by atoms with Crippen LogP contribution in [0, 0.1) is 0 Å². The average Bonchev–Trinajstić information content (AvgIpc) is 2.93. The Kier molecular flexibility index (Phi) is 2.14. The molecular formula is C13H12N2O2. The molecule has 2 aromatic heterocycles. The van der Waals surface area contributed by atoms with E-state index in [0.717, 1.165) is 17.7 Å². The summed E-state index contributed by atoms with van der Waals surface area (Å²) >= 11 is 0. The maximum absolute atomic E-state index is 5.69. The number of fused-ring (bicyclic) bond motifs is 1. The lowest BCUT2D eigenvalue weighted by atomic mass is 10.3. The van der Waals surface area contributed by atoms with Crippen LogP contribution in [0.5, 0.6) is 0 Å². The third-order valence-electron chi connectivity index (χ3n) is 2.63. The zero-order valence-corrected chi connectivity index (χ0v) is 9.43. The van der Waals surface area contributed by atoms with Gasteiger partial charge in [0.05, 0.1) is 0 Å². The fraction of sp³-hybridized carbons (Fsp3) is 0.154. The quantitative estimate of drug-likeness (QED) is 0.684. The van der Waals surface area contributed by atoms with Crippen molar-refractivity contribution in [2.45, 2.75) is 13.3 Å². The molecule has 3 aromatic rings. The highest BCUT2D eigenvalue weighted by Gasteiger charge is 2.11. The van der Waals surface area contributed by atoms with Crippen LogP contribution in [0.25, 0.3) is 22.8 Å². The van der Waals surface area contributed by atoms with E-state index in [9.17, 15) is 0 Å². The van der Waals surface area contributed by atoms with Crippen LogP contribution in [0.1, 0.15) is 12.7 Å². The fourth-order valence-electron chi connectivity index (χ4n) is 1.73. The van der Waals surface area contributed by atoms with Crippen molar-refractivity contribution in [2.24, 2.45) is 0 Å². The van der Waals surface area contributed by atoms with E-state index in [0.29, 0.717) is 22.9 Å². The Bertz CT molecular complexity index is 667. The molecule has 86 valence electrons. The molecule has 2 heterocycles. The molecule has 0 aliphatic carbocycles. The highest BCUT2D eigenvalue weighted by Crippen LogP contribution is 2.26. The molecule has 2 N–H and O–H groups in total. The lowest BCUT2D eigenvalue weighted by Crippen LogP contribution is -1.81. The van der Waals surface area contributed by atoms with Crippen molar-refractivity contribution in [3.63, 3.8) is 0 Å². The number of rotatable bonds is 2. The number of nitrogen functional groups attached to an aromatic ring is 1. The Morgan fingerprint density at radius 3 is 2.82 bits per heavy atom. The Balaban J connectivity index is 2.11. The number of nitrogens with zero attached hydrogens (tertiary/aromatic N) is 1. The van der Waals surface area contributed by atoms with Gasteiger partial charge in [-0.15, -0.1) is 0 Å². The fourth-order valence-corrected chi connectivity index (χ4v) is 1.73. The number of aryl methyl sites for hydroxylation is 1. The number of anilines is 1.